The molecule has 0 saturated carbocycles. The number of benzene rings is 1. The SMILES string of the molecule is CC(N)c1cc(-c2ccc(F)cc2)cs1. The van der Waals surface area contributed by atoms with Crippen LogP contribution in [0.5, 0.6) is 0 Å². The van der Waals surface area contributed by atoms with Crippen LogP contribution in [0.2, 0.25) is 0 Å². The van der Waals surface area contributed by atoms with Gasteiger partial charge in [0.25, 0.3) is 0 Å². The highest BCUT2D eigenvalue weighted by Crippen LogP contribution is 2.28. The molecule has 0 bridgehead atoms. The van der Waals surface area contributed by atoms with Crippen LogP contribution in [0.3, 0.4) is 0 Å². The lowest BCUT2D eigenvalue weighted by atomic mass is 10.1. The Labute approximate surface area is 92.4 Å². The maximum absolute atomic E-state index is 12.7. The van der Waals surface area contributed by atoms with E-state index >= 15 is 0 Å². The van der Waals surface area contributed by atoms with Crippen LogP contribution >= 0.6 is 11.3 Å². The summed E-state index contributed by atoms with van der Waals surface area (Å²) in [4.78, 5) is 1.15. The van der Waals surface area contributed by atoms with Crippen molar-refractivity contribution >= 4 is 11.3 Å². The maximum atomic E-state index is 12.7. The Morgan fingerprint density at radius 1 is 1.20 bits per heavy atom. The molecule has 1 heterocycles. The van der Waals surface area contributed by atoms with Crippen LogP contribution in [0.4, 0.5) is 4.39 Å². The van der Waals surface area contributed by atoms with Gasteiger partial charge in [0.1, 0.15) is 5.82 Å². The van der Waals surface area contributed by atoms with E-state index in [1.807, 2.05) is 12.3 Å². The van der Waals surface area contributed by atoms with Crippen molar-refractivity contribution in [3.63, 3.8) is 0 Å². The second-order valence-electron chi connectivity index (χ2n) is 3.53. The molecule has 1 aromatic carbocycles. The molecule has 2 N–H and O–H groups in total. The monoisotopic (exact) mass is 221 g/mol. The lowest BCUT2D eigenvalue weighted by molar-refractivity contribution is 0.628. The van der Waals surface area contributed by atoms with Gasteiger partial charge in [0.15, 0.2) is 0 Å². The van der Waals surface area contributed by atoms with Gasteiger partial charge in [0.05, 0.1) is 0 Å². The zero-order valence-corrected chi connectivity index (χ0v) is 9.22. The third-order valence-electron chi connectivity index (χ3n) is 2.25. The van der Waals surface area contributed by atoms with Crippen LogP contribution in [0.1, 0.15) is 17.8 Å². The van der Waals surface area contributed by atoms with Gasteiger partial charge in [-0.25, -0.2) is 4.39 Å². The van der Waals surface area contributed by atoms with Crippen molar-refractivity contribution < 1.29 is 4.39 Å². The lowest BCUT2D eigenvalue weighted by Crippen LogP contribution is -2.01. The van der Waals surface area contributed by atoms with Gasteiger partial charge in [-0.1, -0.05) is 12.1 Å². The topological polar surface area (TPSA) is 26.0 Å². The van der Waals surface area contributed by atoms with Crippen LogP contribution in [0.15, 0.2) is 35.7 Å². The number of nitrogens with two attached hydrogens (primary N) is 1. The van der Waals surface area contributed by atoms with Gasteiger partial charge in [0, 0.05) is 10.9 Å². The molecular formula is C12H12FNS. The van der Waals surface area contributed by atoms with E-state index < -0.39 is 0 Å². The Kier molecular flexibility index (Phi) is 2.84. The van der Waals surface area contributed by atoms with Crippen LogP contribution in [-0.2, 0) is 0 Å². The van der Waals surface area contributed by atoms with Crippen LogP contribution in [0.25, 0.3) is 11.1 Å². The van der Waals surface area contributed by atoms with Crippen LogP contribution in [-0.4, -0.2) is 0 Å². The average Bonchev–Trinajstić information content (AvgIpc) is 2.68. The van der Waals surface area contributed by atoms with E-state index in [1.165, 1.54) is 12.1 Å². The van der Waals surface area contributed by atoms with E-state index in [2.05, 4.69) is 6.07 Å². The summed E-state index contributed by atoms with van der Waals surface area (Å²) in [6.45, 7) is 1.96. The third kappa shape index (κ3) is 2.25. The Morgan fingerprint density at radius 2 is 1.87 bits per heavy atom. The van der Waals surface area contributed by atoms with Crippen molar-refractivity contribution in [2.24, 2.45) is 5.73 Å². The first kappa shape index (κ1) is 10.3. The summed E-state index contributed by atoms with van der Waals surface area (Å²) in [5.74, 6) is -0.207. The predicted octanol–water partition coefficient (Wildman–Crippen LogP) is 3.57. The molecule has 0 radical (unpaired) electrons. The molecule has 3 heteroatoms. The van der Waals surface area contributed by atoms with Crippen LogP contribution < -0.4 is 5.73 Å². The zero-order chi connectivity index (χ0) is 10.8. The van der Waals surface area contributed by atoms with E-state index in [1.54, 1.807) is 23.5 Å². The molecular weight excluding hydrogens is 209 g/mol. The molecule has 1 nitrogen and oxygen atoms in total. The summed E-state index contributed by atoms with van der Waals surface area (Å²) in [7, 11) is 0. The van der Waals surface area contributed by atoms with Crippen molar-refractivity contribution in [3.05, 3.63) is 46.4 Å². The molecule has 0 fully saturated rings. The Balaban J connectivity index is 2.33. The quantitative estimate of drug-likeness (QED) is 0.824. The molecule has 0 saturated heterocycles. The van der Waals surface area contributed by atoms with Crippen molar-refractivity contribution in [2.75, 3.05) is 0 Å². The predicted molar refractivity (Wildman–Crippen MR) is 62.3 cm³/mol. The van der Waals surface area contributed by atoms with Crippen molar-refractivity contribution in [2.45, 2.75) is 13.0 Å². The van der Waals surface area contributed by atoms with Gasteiger partial charge < -0.3 is 5.73 Å². The second kappa shape index (κ2) is 4.13. The molecule has 1 aromatic heterocycles. The summed E-state index contributed by atoms with van der Waals surface area (Å²) < 4.78 is 12.7. The smallest absolute Gasteiger partial charge is 0.123 e. The molecule has 0 aliphatic rings. The normalized spacial score (nSPS) is 12.7. The Bertz CT molecular complexity index is 445. The van der Waals surface area contributed by atoms with Crippen molar-refractivity contribution in [3.8, 4) is 11.1 Å². The highest BCUT2D eigenvalue weighted by molar-refractivity contribution is 7.10. The maximum Gasteiger partial charge on any atom is 0.123 e. The standard InChI is InChI=1S/C12H12FNS/c1-8(14)12-6-10(7-15-12)9-2-4-11(13)5-3-9/h2-8H,14H2,1H3. The van der Waals surface area contributed by atoms with Gasteiger partial charge in [-0.15, -0.1) is 11.3 Å². The molecule has 1 unspecified atom stereocenters. The minimum atomic E-state index is -0.207. The van der Waals surface area contributed by atoms with Crippen molar-refractivity contribution in [1.29, 1.82) is 0 Å². The Hall–Kier alpha value is -1.19. The zero-order valence-electron chi connectivity index (χ0n) is 8.41. The summed E-state index contributed by atoms with van der Waals surface area (Å²) >= 11 is 1.64. The van der Waals surface area contributed by atoms with Crippen LogP contribution in [0, 0.1) is 5.82 Å². The third-order valence-corrected chi connectivity index (χ3v) is 3.38. The summed E-state index contributed by atoms with van der Waals surface area (Å²) in [6.07, 6.45) is 0. The fraction of sp³-hybridized carbons (Fsp3) is 0.167. The summed E-state index contributed by atoms with van der Waals surface area (Å²) in [6, 6.07) is 8.62. The molecule has 0 aliphatic heterocycles. The van der Waals surface area contributed by atoms with Gasteiger partial charge >= 0.3 is 0 Å². The highest BCUT2D eigenvalue weighted by Gasteiger charge is 2.05. The number of thiophene rings is 1. The molecule has 0 amide bonds. The lowest BCUT2D eigenvalue weighted by Gasteiger charge is -1.99. The first-order chi connectivity index (χ1) is 7.16. The molecule has 15 heavy (non-hydrogen) atoms. The summed E-state index contributed by atoms with van der Waals surface area (Å²) in [5, 5.41) is 2.05. The highest BCUT2D eigenvalue weighted by atomic mass is 32.1. The number of hydrogen-bond acceptors (Lipinski definition) is 2. The molecule has 2 aromatic rings. The molecule has 2 rings (SSSR count). The summed E-state index contributed by atoms with van der Waals surface area (Å²) in [5.41, 5.74) is 7.91. The molecule has 78 valence electrons. The van der Waals surface area contributed by atoms with Gasteiger partial charge in [-0.2, -0.15) is 0 Å². The fourth-order valence-electron chi connectivity index (χ4n) is 1.39. The number of hydrogen-bond donors (Lipinski definition) is 1. The molecule has 0 spiro atoms. The van der Waals surface area contributed by atoms with E-state index in [0.29, 0.717) is 0 Å². The minimum absolute atomic E-state index is 0.0594. The van der Waals surface area contributed by atoms with Gasteiger partial charge in [0.2, 0.25) is 0 Å². The fourth-order valence-corrected chi connectivity index (χ4v) is 2.26. The second-order valence-corrected chi connectivity index (χ2v) is 4.48. The Morgan fingerprint density at radius 3 is 2.40 bits per heavy atom. The number of rotatable bonds is 2. The van der Waals surface area contributed by atoms with E-state index in [9.17, 15) is 4.39 Å². The first-order valence-electron chi connectivity index (χ1n) is 4.77. The minimum Gasteiger partial charge on any atom is -0.324 e. The molecule has 1 atom stereocenters. The molecule has 0 aliphatic carbocycles. The van der Waals surface area contributed by atoms with Gasteiger partial charge in [-0.3, -0.25) is 0 Å². The van der Waals surface area contributed by atoms with Gasteiger partial charge in [-0.05, 0) is 41.6 Å². The average molecular weight is 221 g/mol. The van der Waals surface area contributed by atoms with E-state index in [4.69, 9.17) is 5.73 Å². The first-order valence-corrected chi connectivity index (χ1v) is 5.65. The van der Waals surface area contributed by atoms with Crippen molar-refractivity contribution in [1.82, 2.24) is 0 Å². The van der Waals surface area contributed by atoms with E-state index in [0.717, 1.165) is 16.0 Å². The largest absolute Gasteiger partial charge is 0.324 e. The van der Waals surface area contributed by atoms with E-state index in [-0.39, 0.29) is 11.9 Å². The number of halogens is 1.